The Hall–Kier alpha value is -1.99. The molecule has 2 aliphatic heterocycles. The number of pyridine rings is 1. The van der Waals surface area contributed by atoms with Crippen LogP contribution < -0.4 is 4.90 Å². The summed E-state index contributed by atoms with van der Waals surface area (Å²) in [5.41, 5.74) is 2.17. The van der Waals surface area contributed by atoms with Gasteiger partial charge in [-0.2, -0.15) is 0 Å². The largest absolute Gasteiger partial charge is 0.345 e. The SMILES string of the molecule is O=C(Cc1cccnc1)N1CCN(c2nc(CN3CCCCC3)cs2)CC1. The molecule has 0 radical (unpaired) electrons. The number of rotatable bonds is 5. The molecule has 0 N–H and O–H groups in total. The molecule has 2 aromatic heterocycles. The van der Waals surface area contributed by atoms with Crippen LogP contribution in [0.1, 0.15) is 30.5 Å². The van der Waals surface area contributed by atoms with Gasteiger partial charge in [0.1, 0.15) is 0 Å². The van der Waals surface area contributed by atoms with Crippen LogP contribution >= 0.6 is 11.3 Å². The lowest BCUT2D eigenvalue weighted by molar-refractivity contribution is -0.130. The maximum absolute atomic E-state index is 12.5. The second kappa shape index (κ2) is 8.80. The van der Waals surface area contributed by atoms with Gasteiger partial charge in [0.15, 0.2) is 5.13 Å². The van der Waals surface area contributed by atoms with Crippen molar-refractivity contribution in [2.45, 2.75) is 32.2 Å². The van der Waals surface area contributed by atoms with E-state index in [1.807, 2.05) is 17.0 Å². The summed E-state index contributed by atoms with van der Waals surface area (Å²) >= 11 is 1.73. The van der Waals surface area contributed by atoms with E-state index in [9.17, 15) is 4.79 Å². The lowest BCUT2D eigenvalue weighted by Gasteiger charge is -2.34. The van der Waals surface area contributed by atoms with Crippen molar-refractivity contribution in [3.8, 4) is 0 Å². The molecule has 4 heterocycles. The molecule has 0 spiro atoms. The number of anilines is 1. The normalized spacial score (nSPS) is 18.7. The maximum atomic E-state index is 12.5. The molecule has 27 heavy (non-hydrogen) atoms. The molecule has 4 rings (SSSR count). The zero-order valence-electron chi connectivity index (χ0n) is 15.7. The van der Waals surface area contributed by atoms with Crippen LogP contribution in [0.25, 0.3) is 0 Å². The summed E-state index contributed by atoms with van der Waals surface area (Å²) in [5, 5.41) is 3.30. The molecule has 0 aliphatic carbocycles. The number of piperazine rings is 1. The molecule has 144 valence electrons. The van der Waals surface area contributed by atoms with Gasteiger partial charge < -0.3 is 9.80 Å². The summed E-state index contributed by atoms with van der Waals surface area (Å²) in [4.78, 5) is 28.2. The number of amides is 1. The second-order valence-electron chi connectivity index (χ2n) is 7.36. The first-order valence-corrected chi connectivity index (χ1v) is 10.7. The number of carbonyl (C=O) groups is 1. The second-order valence-corrected chi connectivity index (χ2v) is 8.20. The minimum absolute atomic E-state index is 0.188. The number of aromatic nitrogens is 2. The highest BCUT2D eigenvalue weighted by Crippen LogP contribution is 2.23. The van der Waals surface area contributed by atoms with Crippen LogP contribution in [-0.4, -0.2) is 64.9 Å². The average molecular weight is 386 g/mol. The number of hydrogen-bond donors (Lipinski definition) is 0. The standard InChI is InChI=1S/C20H27N5OS/c26-19(13-17-5-4-6-21-14-17)24-9-11-25(12-10-24)20-22-18(16-27-20)15-23-7-2-1-3-8-23/h4-6,14,16H,1-3,7-13,15H2. The van der Waals surface area contributed by atoms with Crippen LogP contribution in [0.3, 0.4) is 0 Å². The van der Waals surface area contributed by atoms with E-state index in [4.69, 9.17) is 4.98 Å². The molecule has 0 unspecified atom stereocenters. The minimum Gasteiger partial charge on any atom is -0.345 e. The Labute approximate surface area is 164 Å². The van der Waals surface area contributed by atoms with E-state index >= 15 is 0 Å². The van der Waals surface area contributed by atoms with Crippen LogP contribution in [0.15, 0.2) is 29.9 Å². The van der Waals surface area contributed by atoms with Gasteiger partial charge in [-0.25, -0.2) is 4.98 Å². The van der Waals surface area contributed by atoms with Gasteiger partial charge in [0.25, 0.3) is 0 Å². The first-order chi connectivity index (χ1) is 13.3. The Morgan fingerprint density at radius 1 is 1.07 bits per heavy atom. The molecular weight excluding hydrogens is 358 g/mol. The monoisotopic (exact) mass is 385 g/mol. The number of likely N-dealkylation sites (tertiary alicyclic amines) is 1. The molecule has 0 saturated carbocycles. The third-order valence-electron chi connectivity index (χ3n) is 5.35. The predicted octanol–water partition coefficient (Wildman–Crippen LogP) is 2.42. The van der Waals surface area contributed by atoms with Gasteiger partial charge >= 0.3 is 0 Å². The summed E-state index contributed by atoms with van der Waals surface area (Å²) in [6.07, 6.45) is 7.93. The topological polar surface area (TPSA) is 52.6 Å². The van der Waals surface area contributed by atoms with Gasteiger partial charge in [-0.05, 0) is 37.6 Å². The number of nitrogens with zero attached hydrogens (tertiary/aromatic N) is 5. The zero-order chi connectivity index (χ0) is 18.5. The average Bonchev–Trinajstić information content (AvgIpc) is 3.18. The third-order valence-corrected chi connectivity index (χ3v) is 6.31. The van der Waals surface area contributed by atoms with Crippen molar-refractivity contribution in [1.82, 2.24) is 19.8 Å². The van der Waals surface area contributed by atoms with E-state index < -0.39 is 0 Å². The van der Waals surface area contributed by atoms with Crippen molar-refractivity contribution < 1.29 is 4.79 Å². The molecular formula is C20H27N5OS. The van der Waals surface area contributed by atoms with Crippen molar-refractivity contribution in [3.63, 3.8) is 0 Å². The van der Waals surface area contributed by atoms with E-state index in [2.05, 4.69) is 20.2 Å². The summed E-state index contributed by atoms with van der Waals surface area (Å²) in [5.74, 6) is 0.188. The van der Waals surface area contributed by atoms with Crippen LogP contribution in [0.2, 0.25) is 0 Å². The molecule has 7 heteroatoms. The molecule has 1 amide bonds. The van der Waals surface area contributed by atoms with Gasteiger partial charge in [0, 0.05) is 50.5 Å². The number of carbonyl (C=O) groups excluding carboxylic acids is 1. The molecule has 2 fully saturated rings. The van der Waals surface area contributed by atoms with Crippen molar-refractivity contribution in [3.05, 3.63) is 41.2 Å². The summed E-state index contributed by atoms with van der Waals surface area (Å²) in [6.45, 7) is 6.61. The molecule has 6 nitrogen and oxygen atoms in total. The number of piperidine rings is 1. The minimum atomic E-state index is 0.188. The van der Waals surface area contributed by atoms with Gasteiger partial charge in [-0.1, -0.05) is 12.5 Å². The van der Waals surface area contributed by atoms with Gasteiger partial charge in [-0.15, -0.1) is 11.3 Å². The van der Waals surface area contributed by atoms with Crippen LogP contribution in [0.5, 0.6) is 0 Å². The highest BCUT2D eigenvalue weighted by molar-refractivity contribution is 7.13. The first-order valence-electron chi connectivity index (χ1n) is 9.86. The van der Waals surface area contributed by atoms with Crippen LogP contribution in [-0.2, 0) is 17.8 Å². The Morgan fingerprint density at radius 3 is 2.63 bits per heavy atom. The lowest BCUT2D eigenvalue weighted by atomic mass is 10.1. The number of thiazole rings is 1. The fraction of sp³-hybridized carbons (Fsp3) is 0.550. The molecule has 2 aliphatic rings. The van der Waals surface area contributed by atoms with Gasteiger partial charge in [-0.3, -0.25) is 14.7 Å². The van der Waals surface area contributed by atoms with E-state index in [0.717, 1.165) is 43.4 Å². The van der Waals surface area contributed by atoms with E-state index in [0.29, 0.717) is 6.42 Å². The molecule has 2 aromatic rings. The maximum Gasteiger partial charge on any atom is 0.227 e. The Morgan fingerprint density at radius 2 is 1.89 bits per heavy atom. The highest BCUT2D eigenvalue weighted by Gasteiger charge is 2.23. The summed E-state index contributed by atoms with van der Waals surface area (Å²) in [6, 6.07) is 3.84. The van der Waals surface area contributed by atoms with Gasteiger partial charge in [0.2, 0.25) is 5.91 Å². The van der Waals surface area contributed by atoms with Crippen LogP contribution in [0, 0.1) is 0 Å². The first kappa shape index (κ1) is 18.4. The van der Waals surface area contributed by atoms with Crippen LogP contribution in [0.4, 0.5) is 5.13 Å². The third kappa shape index (κ3) is 4.84. The highest BCUT2D eigenvalue weighted by atomic mass is 32.1. The Bertz CT molecular complexity index is 736. The van der Waals surface area contributed by atoms with E-state index in [-0.39, 0.29) is 5.91 Å². The zero-order valence-corrected chi connectivity index (χ0v) is 16.5. The van der Waals surface area contributed by atoms with Crippen molar-refractivity contribution >= 4 is 22.4 Å². The molecule has 0 bridgehead atoms. The Balaban J connectivity index is 1.27. The quantitative estimate of drug-likeness (QED) is 0.791. The summed E-state index contributed by atoms with van der Waals surface area (Å²) in [7, 11) is 0. The molecule has 0 atom stereocenters. The number of hydrogen-bond acceptors (Lipinski definition) is 6. The molecule has 2 saturated heterocycles. The molecule has 0 aromatic carbocycles. The lowest BCUT2D eigenvalue weighted by Crippen LogP contribution is -2.49. The fourth-order valence-corrected chi connectivity index (χ4v) is 4.67. The summed E-state index contributed by atoms with van der Waals surface area (Å²) < 4.78 is 0. The van der Waals surface area contributed by atoms with E-state index in [1.165, 1.54) is 38.0 Å². The van der Waals surface area contributed by atoms with Crippen molar-refractivity contribution in [1.29, 1.82) is 0 Å². The van der Waals surface area contributed by atoms with E-state index in [1.54, 1.807) is 23.7 Å². The predicted molar refractivity (Wildman–Crippen MR) is 108 cm³/mol. The smallest absolute Gasteiger partial charge is 0.227 e. The fourth-order valence-electron chi connectivity index (χ4n) is 3.80. The van der Waals surface area contributed by atoms with Crippen molar-refractivity contribution in [2.75, 3.05) is 44.2 Å². The van der Waals surface area contributed by atoms with Gasteiger partial charge in [0.05, 0.1) is 12.1 Å². The Kier molecular flexibility index (Phi) is 5.99. The van der Waals surface area contributed by atoms with Crippen molar-refractivity contribution in [2.24, 2.45) is 0 Å².